The molecule has 0 unspecified atom stereocenters. The van der Waals surface area contributed by atoms with Gasteiger partial charge in [0.1, 0.15) is 12.1 Å². The second-order valence-electron chi connectivity index (χ2n) is 10.3. The van der Waals surface area contributed by atoms with Gasteiger partial charge in [-0.15, -0.1) is 0 Å². The number of hydrogen-bond donors (Lipinski definition) is 3. The van der Waals surface area contributed by atoms with Crippen molar-refractivity contribution in [2.45, 2.75) is 74.8 Å². The average molecular weight is 477 g/mol. The number of nitrogens with one attached hydrogen (secondary N) is 2. The molecule has 2 amide bonds. The molecule has 0 bridgehead atoms. The summed E-state index contributed by atoms with van der Waals surface area (Å²) in [5, 5.41) is 15.3. The molecule has 0 saturated heterocycles. The molecule has 0 heterocycles. The van der Waals surface area contributed by atoms with Crippen LogP contribution in [0.4, 0.5) is 4.79 Å². The fourth-order valence-electron chi connectivity index (χ4n) is 6.26. The van der Waals surface area contributed by atoms with E-state index >= 15 is 0 Å². The SMILES string of the molecule is O=C(O)CC1(NC(=O)C2(NC(=O)OCC3c4ccccc4-c4ccccc43)CCCC2)CCCC1. The Labute approximate surface area is 205 Å². The molecule has 5 rings (SSSR count). The van der Waals surface area contributed by atoms with Crippen LogP contribution in [0.2, 0.25) is 0 Å². The monoisotopic (exact) mass is 476 g/mol. The van der Waals surface area contributed by atoms with E-state index in [1.165, 1.54) is 0 Å². The number of carboxylic acid groups (broad SMARTS) is 1. The second-order valence-corrected chi connectivity index (χ2v) is 10.3. The van der Waals surface area contributed by atoms with E-state index in [1.54, 1.807) is 0 Å². The van der Waals surface area contributed by atoms with Gasteiger partial charge in [-0.1, -0.05) is 74.2 Å². The Morgan fingerprint density at radius 1 is 0.829 bits per heavy atom. The van der Waals surface area contributed by atoms with Gasteiger partial charge in [-0.3, -0.25) is 9.59 Å². The molecule has 2 aromatic rings. The number of carbonyl (C=O) groups excluding carboxylic acids is 2. The van der Waals surface area contributed by atoms with Crippen LogP contribution in [0.5, 0.6) is 0 Å². The van der Waals surface area contributed by atoms with Gasteiger partial charge >= 0.3 is 12.1 Å². The Morgan fingerprint density at radius 3 is 1.94 bits per heavy atom. The molecule has 2 saturated carbocycles. The highest BCUT2D eigenvalue weighted by atomic mass is 16.5. The number of amides is 2. The predicted molar refractivity (Wildman–Crippen MR) is 131 cm³/mol. The molecular formula is C28H32N2O5. The molecule has 2 fully saturated rings. The molecule has 7 nitrogen and oxygen atoms in total. The maximum atomic E-state index is 13.5. The lowest BCUT2D eigenvalue weighted by Crippen LogP contribution is -2.62. The zero-order valence-corrected chi connectivity index (χ0v) is 19.8. The van der Waals surface area contributed by atoms with E-state index in [4.69, 9.17) is 4.74 Å². The average Bonchev–Trinajstić information content (AvgIpc) is 3.56. The summed E-state index contributed by atoms with van der Waals surface area (Å²) in [7, 11) is 0. The van der Waals surface area contributed by atoms with Gasteiger partial charge in [-0.25, -0.2) is 4.79 Å². The van der Waals surface area contributed by atoms with Crippen molar-refractivity contribution in [3.63, 3.8) is 0 Å². The lowest BCUT2D eigenvalue weighted by molar-refractivity contribution is -0.139. The molecular weight excluding hydrogens is 444 g/mol. The van der Waals surface area contributed by atoms with Crippen molar-refractivity contribution in [2.75, 3.05) is 6.61 Å². The van der Waals surface area contributed by atoms with E-state index in [9.17, 15) is 19.5 Å². The number of fused-ring (bicyclic) bond motifs is 3. The summed E-state index contributed by atoms with van der Waals surface area (Å²) >= 11 is 0. The van der Waals surface area contributed by atoms with Gasteiger partial charge in [0.2, 0.25) is 5.91 Å². The third-order valence-corrected chi connectivity index (χ3v) is 8.01. The van der Waals surface area contributed by atoms with Crippen LogP contribution in [0.15, 0.2) is 48.5 Å². The summed E-state index contributed by atoms with van der Waals surface area (Å²) in [4.78, 5) is 37.9. The van der Waals surface area contributed by atoms with Gasteiger partial charge in [-0.2, -0.15) is 0 Å². The summed E-state index contributed by atoms with van der Waals surface area (Å²) in [6, 6.07) is 16.3. The summed E-state index contributed by atoms with van der Waals surface area (Å²) in [5.74, 6) is -1.26. The molecule has 7 heteroatoms. The van der Waals surface area contributed by atoms with Crippen molar-refractivity contribution in [3.05, 3.63) is 59.7 Å². The first kappa shape index (κ1) is 23.4. The molecule has 0 aromatic heterocycles. The third kappa shape index (κ3) is 4.51. The van der Waals surface area contributed by atoms with E-state index < -0.39 is 23.1 Å². The van der Waals surface area contributed by atoms with E-state index in [-0.39, 0.29) is 24.9 Å². The van der Waals surface area contributed by atoms with Crippen molar-refractivity contribution in [1.82, 2.24) is 10.6 Å². The molecule has 0 spiro atoms. The van der Waals surface area contributed by atoms with Crippen LogP contribution in [-0.2, 0) is 14.3 Å². The third-order valence-electron chi connectivity index (χ3n) is 8.01. The van der Waals surface area contributed by atoms with Gasteiger partial charge < -0.3 is 20.5 Å². The number of hydrogen-bond acceptors (Lipinski definition) is 4. The van der Waals surface area contributed by atoms with Crippen molar-refractivity contribution in [3.8, 4) is 11.1 Å². The topological polar surface area (TPSA) is 105 Å². The first-order chi connectivity index (χ1) is 16.9. The van der Waals surface area contributed by atoms with Gasteiger partial charge in [-0.05, 0) is 47.9 Å². The van der Waals surface area contributed by atoms with E-state index in [2.05, 4.69) is 34.9 Å². The number of carboxylic acids is 1. The van der Waals surface area contributed by atoms with Gasteiger partial charge in [0.05, 0.1) is 12.0 Å². The lowest BCUT2D eigenvalue weighted by atomic mass is 9.89. The quantitative estimate of drug-likeness (QED) is 0.535. The van der Waals surface area contributed by atoms with E-state index in [0.717, 1.165) is 47.9 Å². The molecule has 3 aliphatic carbocycles. The van der Waals surface area contributed by atoms with Crippen LogP contribution in [0.25, 0.3) is 11.1 Å². The number of ether oxygens (including phenoxy) is 1. The first-order valence-electron chi connectivity index (χ1n) is 12.6. The highest BCUT2D eigenvalue weighted by Crippen LogP contribution is 2.44. The summed E-state index contributed by atoms with van der Waals surface area (Å²) in [6.07, 6.45) is 5.05. The fourth-order valence-corrected chi connectivity index (χ4v) is 6.26. The highest BCUT2D eigenvalue weighted by molar-refractivity contribution is 5.91. The van der Waals surface area contributed by atoms with Gasteiger partial charge in [0.15, 0.2) is 0 Å². The molecule has 2 aromatic carbocycles. The van der Waals surface area contributed by atoms with Crippen LogP contribution in [-0.4, -0.2) is 40.8 Å². The molecule has 35 heavy (non-hydrogen) atoms. The summed E-state index contributed by atoms with van der Waals surface area (Å²) < 4.78 is 5.71. The zero-order valence-electron chi connectivity index (χ0n) is 19.8. The molecule has 0 aliphatic heterocycles. The molecule has 3 aliphatic rings. The number of carbonyl (C=O) groups is 3. The molecule has 0 radical (unpaired) electrons. The van der Waals surface area contributed by atoms with Crippen LogP contribution < -0.4 is 10.6 Å². The van der Waals surface area contributed by atoms with Gasteiger partial charge in [0.25, 0.3) is 0 Å². The standard InChI is InChI=1S/C28H32N2O5/c31-24(32)17-27(13-5-6-14-27)29-25(33)28(15-7-8-16-28)30-26(34)35-18-23-21-11-3-1-9-19(21)20-10-2-4-12-22(20)23/h1-4,9-12,23H,5-8,13-18H2,(H,29,33)(H,30,34)(H,31,32). The first-order valence-corrected chi connectivity index (χ1v) is 12.6. The Bertz CT molecular complexity index is 1090. The van der Waals surface area contributed by atoms with E-state index in [0.29, 0.717) is 25.7 Å². The maximum Gasteiger partial charge on any atom is 0.408 e. The van der Waals surface area contributed by atoms with Crippen molar-refractivity contribution in [2.24, 2.45) is 0 Å². The Hall–Kier alpha value is -3.35. The Balaban J connectivity index is 1.28. The molecule has 0 atom stereocenters. The molecule has 3 N–H and O–H groups in total. The van der Waals surface area contributed by atoms with E-state index in [1.807, 2.05) is 24.3 Å². The number of alkyl carbamates (subject to hydrolysis) is 1. The minimum Gasteiger partial charge on any atom is -0.481 e. The maximum absolute atomic E-state index is 13.5. The number of benzene rings is 2. The van der Waals surface area contributed by atoms with Crippen LogP contribution in [0, 0.1) is 0 Å². The smallest absolute Gasteiger partial charge is 0.408 e. The summed E-state index contributed by atoms with van der Waals surface area (Å²) in [5.41, 5.74) is 2.78. The minimum absolute atomic E-state index is 0.0566. The number of rotatable bonds is 7. The largest absolute Gasteiger partial charge is 0.481 e. The van der Waals surface area contributed by atoms with Crippen LogP contribution in [0.1, 0.15) is 74.8 Å². The lowest BCUT2D eigenvalue weighted by Gasteiger charge is -2.35. The fraction of sp³-hybridized carbons (Fsp3) is 0.464. The normalized spacial score (nSPS) is 19.5. The van der Waals surface area contributed by atoms with Crippen molar-refractivity contribution in [1.29, 1.82) is 0 Å². The van der Waals surface area contributed by atoms with Crippen molar-refractivity contribution >= 4 is 18.0 Å². The second kappa shape index (κ2) is 9.36. The van der Waals surface area contributed by atoms with Crippen LogP contribution in [0.3, 0.4) is 0 Å². The van der Waals surface area contributed by atoms with Crippen LogP contribution >= 0.6 is 0 Å². The van der Waals surface area contributed by atoms with Crippen molar-refractivity contribution < 1.29 is 24.2 Å². The Kier molecular flexibility index (Phi) is 6.26. The predicted octanol–water partition coefficient (Wildman–Crippen LogP) is 4.74. The minimum atomic E-state index is -1.06. The highest BCUT2D eigenvalue weighted by Gasteiger charge is 2.47. The number of aliphatic carboxylic acids is 1. The van der Waals surface area contributed by atoms with Gasteiger partial charge in [0, 0.05) is 5.92 Å². The zero-order chi connectivity index (χ0) is 24.5. The summed E-state index contributed by atoms with van der Waals surface area (Å²) in [6.45, 7) is 0.181. The molecule has 184 valence electrons. The Morgan fingerprint density at radius 2 is 1.37 bits per heavy atom.